The molecule has 20 heavy (non-hydrogen) atoms. The van der Waals surface area contributed by atoms with E-state index in [1.165, 1.54) is 11.1 Å². The molecule has 0 radical (unpaired) electrons. The minimum absolute atomic E-state index is 0.0996. The average Bonchev–Trinajstić information content (AvgIpc) is 2.42. The predicted octanol–water partition coefficient (Wildman–Crippen LogP) is 4.35. The molecule has 1 aromatic rings. The van der Waals surface area contributed by atoms with E-state index in [1.54, 1.807) is 0 Å². The van der Waals surface area contributed by atoms with E-state index < -0.39 is 0 Å². The molecular formula is C18H31NO. The van der Waals surface area contributed by atoms with Gasteiger partial charge in [-0.05, 0) is 35.9 Å². The zero-order valence-corrected chi connectivity index (χ0v) is 14.0. The Morgan fingerprint density at radius 3 is 2.40 bits per heavy atom. The average molecular weight is 277 g/mol. The van der Waals surface area contributed by atoms with Gasteiger partial charge in [0.1, 0.15) is 0 Å². The van der Waals surface area contributed by atoms with Crippen LogP contribution in [0.15, 0.2) is 24.3 Å². The number of nitrogens with one attached hydrogen (secondary N) is 1. The zero-order chi connectivity index (χ0) is 15.2. The highest BCUT2D eigenvalue weighted by molar-refractivity contribution is 5.27. The molecule has 0 aliphatic heterocycles. The van der Waals surface area contributed by atoms with Crippen molar-refractivity contribution in [2.24, 2.45) is 5.41 Å². The van der Waals surface area contributed by atoms with E-state index in [0.29, 0.717) is 0 Å². The molecule has 0 saturated carbocycles. The van der Waals surface area contributed by atoms with Gasteiger partial charge in [0.15, 0.2) is 0 Å². The van der Waals surface area contributed by atoms with Crippen molar-refractivity contribution in [1.82, 2.24) is 5.32 Å². The summed E-state index contributed by atoms with van der Waals surface area (Å²) in [6.07, 6.45) is 2.35. The number of ether oxygens (including phenoxy) is 1. The first-order valence-electron chi connectivity index (χ1n) is 7.79. The molecule has 1 aromatic carbocycles. The molecule has 0 aromatic heterocycles. The third kappa shape index (κ3) is 4.60. The smallest absolute Gasteiger partial charge is 0.0814 e. The quantitative estimate of drug-likeness (QED) is 0.800. The Kier molecular flexibility index (Phi) is 6.70. The second kappa shape index (κ2) is 7.80. The molecule has 0 bridgehead atoms. The Labute approximate surface area is 124 Å². The van der Waals surface area contributed by atoms with Gasteiger partial charge in [0, 0.05) is 7.11 Å². The molecule has 0 amide bonds. The summed E-state index contributed by atoms with van der Waals surface area (Å²) >= 11 is 0. The van der Waals surface area contributed by atoms with Crippen LogP contribution >= 0.6 is 0 Å². The summed E-state index contributed by atoms with van der Waals surface area (Å²) in [4.78, 5) is 0. The largest absolute Gasteiger partial charge is 0.379 e. The van der Waals surface area contributed by atoms with Crippen LogP contribution in [0.1, 0.15) is 58.2 Å². The first-order chi connectivity index (χ1) is 9.43. The number of hydrogen-bond donors (Lipinski definition) is 1. The molecule has 0 fully saturated rings. The molecule has 1 N–H and O–H groups in total. The molecule has 0 saturated heterocycles. The lowest BCUT2D eigenvalue weighted by molar-refractivity contribution is -0.0119. The Balaban J connectivity index is 3.09. The van der Waals surface area contributed by atoms with E-state index in [1.807, 2.05) is 7.11 Å². The number of hydrogen-bond acceptors (Lipinski definition) is 2. The maximum atomic E-state index is 5.84. The van der Waals surface area contributed by atoms with Crippen molar-refractivity contribution in [1.29, 1.82) is 0 Å². The monoisotopic (exact) mass is 277 g/mol. The van der Waals surface area contributed by atoms with Crippen LogP contribution in [0.2, 0.25) is 0 Å². The summed E-state index contributed by atoms with van der Waals surface area (Å²) in [7, 11) is 1.82. The summed E-state index contributed by atoms with van der Waals surface area (Å²) in [6, 6.07) is 9.12. The van der Waals surface area contributed by atoms with Crippen molar-refractivity contribution in [3.8, 4) is 0 Å². The maximum Gasteiger partial charge on any atom is 0.0814 e. The van der Waals surface area contributed by atoms with Gasteiger partial charge in [0.2, 0.25) is 0 Å². The van der Waals surface area contributed by atoms with Crippen LogP contribution in [-0.4, -0.2) is 19.8 Å². The summed E-state index contributed by atoms with van der Waals surface area (Å²) in [5.74, 6) is 0. The molecule has 2 heteroatoms. The topological polar surface area (TPSA) is 21.3 Å². The fourth-order valence-electron chi connectivity index (χ4n) is 2.70. The minimum Gasteiger partial charge on any atom is -0.379 e. The van der Waals surface area contributed by atoms with Gasteiger partial charge in [-0.1, -0.05) is 58.9 Å². The highest BCUT2D eigenvalue weighted by Gasteiger charge is 2.33. The van der Waals surface area contributed by atoms with Gasteiger partial charge in [-0.3, -0.25) is 0 Å². The molecule has 2 nitrogen and oxygen atoms in total. The van der Waals surface area contributed by atoms with Crippen LogP contribution in [0.25, 0.3) is 0 Å². The van der Waals surface area contributed by atoms with Crippen LogP contribution in [0, 0.1) is 5.41 Å². The lowest BCUT2D eigenvalue weighted by atomic mass is 9.81. The molecule has 2 atom stereocenters. The number of methoxy groups -OCH3 is 1. The van der Waals surface area contributed by atoms with E-state index in [0.717, 1.165) is 19.4 Å². The second-order valence-corrected chi connectivity index (χ2v) is 6.55. The van der Waals surface area contributed by atoms with E-state index in [-0.39, 0.29) is 17.6 Å². The zero-order valence-electron chi connectivity index (χ0n) is 14.0. The third-order valence-electron chi connectivity index (χ3n) is 3.74. The van der Waals surface area contributed by atoms with Crippen LogP contribution in [-0.2, 0) is 11.2 Å². The standard InChI is InChI=1S/C18H31NO/c1-7-12-19-16(17(20-6)18(3,4)5)15-11-9-10-14(8-2)13-15/h9-11,13,16-17,19H,7-8,12H2,1-6H3. The normalized spacial score (nSPS) is 15.1. The van der Waals surface area contributed by atoms with E-state index >= 15 is 0 Å². The molecule has 1 rings (SSSR count). The first kappa shape index (κ1) is 17.2. The lowest BCUT2D eigenvalue weighted by Crippen LogP contribution is -2.41. The summed E-state index contributed by atoms with van der Waals surface area (Å²) in [5, 5.41) is 3.67. The fourth-order valence-corrected chi connectivity index (χ4v) is 2.70. The van der Waals surface area contributed by atoms with E-state index in [2.05, 4.69) is 64.2 Å². The number of rotatable bonds is 7. The van der Waals surface area contributed by atoms with Crippen LogP contribution in [0.3, 0.4) is 0 Å². The summed E-state index contributed by atoms with van der Waals surface area (Å²) in [5.41, 5.74) is 2.82. The Hall–Kier alpha value is -0.860. The third-order valence-corrected chi connectivity index (χ3v) is 3.74. The first-order valence-corrected chi connectivity index (χ1v) is 7.79. The van der Waals surface area contributed by atoms with Gasteiger partial charge in [-0.2, -0.15) is 0 Å². The molecular weight excluding hydrogens is 246 g/mol. The van der Waals surface area contributed by atoms with Crippen molar-refractivity contribution >= 4 is 0 Å². The summed E-state index contributed by atoms with van der Waals surface area (Å²) < 4.78 is 5.84. The van der Waals surface area contributed by atoms with Crippen molar-refractivity contribution in [3.05, 3.63) is 35.4 Å². The fraction of sp³-hybridized carbons (Fsp3) is 0.667. The van der Waals surface area contributed by atoms with Gasteiger partial charge >= 0.3 is 0 Å². The van der Waals surface area contributed by atoms with Crippen LogP contribution in [0.5, 0.6) is 0 Å². The Bertz CT molecular complexity index is 395. The second-order valence-electron chi connectivity index (χ2n) is 6.55. The summed E-state index contributed by atoms with van der Waals surface area (Å²) in [6.45, 7) is 12.1. The van der Waals surface area contributed by atoms with Gasteiger partial charge in [0.05, 0.1) is 12.1 Å². The van der Waals surface area contributed by atoms with E-state index in [4.69, 9.17) is 4.74 Å². The molecule has 0 aliphatic rings. The van der Waals surface area contributed by atoms with Gasteiger partial charge in [-0.15, -0.1) is 0 Å². The molecule has 2 unspecified atom stereocenters. The van der Waals surface area contributed by atoms with Crippen molar-refractivity contribution < 1.29 is 4.74 Å². The van der Waals surface area contributed by atoms with Crippen molar-refractivity contribution in [2.45, 2.75) is 59.6 Å². The number of aryl methyl sites for hydroxylation is 1. The van der Waals surface area contributed by atoms with E-state index in [9.17, 15) is 0 Å². The highest BCUT2D eigenvalue weighted by atomic mass is 16.5. The number of benzene rings is 1. The lowest BCUT2D eigenvalue weighted by Gasteiger charge is -2.37. The molecule has 0 heterocycles. The Morgan fingerprint density at radius 1 is 1.20 bits per heavy atom. The van der Waals surface area contributed by atoms with Crippen molar-refractivity contribution in [3.63, 3.8) is 0 Å². The SMILES string of the molecule is CCCNC(c1cccc(CC)c1)C(OC)C(C)(C)C. The minimum atomic E-state index is 0.0996. The van der Waals surface area contributed by atoms with Crippen LogP contribution in [0.4, 0.5) is 0 Å². The van der Waals surface area contributed by atoms with Gasteiger partial charge in [0.25, 0.3) is 0 Å². The molecule has 0 spiro atoms. The maximum absolute atomic E-state index is 5.84. The van der Waals surface area contributed by atoms with Gasteiger partial charge < -0.3 is 10.1 Å². The molecule has 0 aliphatic carbocycles. The van der Waals surface area contributed by atoms with Crippen molar-refractivity contribution in [2.75, 3.05) is 13.7 Å². The van der Waals surface area contributed by atoms with Gasteiger partial charge in [-0.25, -0.2) is 0 Å². The highest BCUT2D eigenvalue weighted by Crippen LogP contribution is 2.32. The Morgan fingerprint density at radius 2 is 1.90 bits per heavy atom. The van der Waals surface area contributed by atoms with Crippen LogP contribution < -0.4 is 5.32 Å². The molecule has 114 valence electrons. The predicted molar refractivity (Wildman–Crippen MR) is 87.1 cm³/mol.